The summed E-state index contributed by atoms with van der Waals surface area (Å²) >= 11 is 1.50. The number of ether oxygens (including phenoxy) is 1. The number of hydrogen-bond acceptors (Lipinski definition) is 6. The highest BCUT2D eigenvalue weighted by atomic mass is 32.1. The quantitative estimate of drug-likeness (QED) is 0.644. The summed E-state index contributed by atoms with van der Waals surface area (Å²) in [5.41, 5.74) is 2.97. The van der Waals surface area contributed by atoms with Gasteiger partial charge in [0.15, 0.2) is 5.65 Å². The summed E-state index contributed by atoms with van der Waals surface area (Å²) in [6.07, 6.45) is 2.27. The highest BCUT2D eigenvalue weighted by molar-refractivity contribution is 7.10. The maximum atomic E-state index is 13.3. The predicted molar refractivity (Wildman–Crippen MR) is 106 cm³/mol. The largest absolute Gasteiger partial charge is 0.469 e. The Balaban J connectivity index is 1.72. The van der Waals surface area contributed by atoms with Crippen LogP contribution in [0, 0.1) is 6.92 Å². The summed E-state index contributed by atoms with van der Waals surface area (Å²) in [6.45, 7) is 1.88. The summed E-state index contributed by atoms with van der Waals surface area (Å²) in [5.74, 6) is -0.183. The minimum atomic E-state index is -0.440. The fourth-order valence-electron chi connectivity index (χ4n) is 3.43. The summed E-state index contributed by atoms with van der Waals surface area (Å²) in [4.78, 5) is 30.8. The van der Waals surface area contributed by atoms with E-state index in [1.807, 2.05) is 37.6 Å². The zero-order valence-electron chi connectivity index (χ0n) is 16.1. The first-order valence-electron chi connectivity index (χ1n) is 9.23. The average molecular weight is 398 g/mol. The number of aryl methyl sites for hydroxylation is 2. The van der Waals surface area contributed by atoms with Gasteiger partial charge in [-0.2, -0.15) is 5.10 Å². The number of fused-ring (bicyclic) bond motifs is 1. The molecule has 0 spiro atoms. The van der Waals surface area contributed by atoms with Gasteiger partial charge in [-0.1, -0.05) is 6.07 Å². The SMILES string of the molecule is COC(=O)CC(NC(=O)c1cc(C2CC2)nc2c1c(C)nn2C)c1cccs1. The molecule has 3 aromatic heterocycles. The van der Waals surface area contributed by atoms with Gasteiger partial charge in [0.25, 0.3) is 5.91 Å². The minimum absolute atomic E-state index is 0.0818. The van der Waals surface area contributed by atoms with Crippen LogP contribution < -0.4 is 5.32 Å². The number of nitrogens with one attached hydrogen (secondary N) is 1. The van der Waals surface area contributed by atoms with Gasteiger partial charge < -0.3 is 10.1 Å². The number of aromatic nitrogens is 3. The zero-order valence-corrected chi connectivity index (χ0v) is 16.9. The van der Waals surface area contributed by atoms with Crippen LogP contribution in [0.5, 0.6) is 0 Å². The monoisotopic (exact) mass is 398 g/mol. The van der Waals surface area contributed by atoms with Crippen molar-refractivity contribution in [3.63, 3.8) is 0 Å². The third-order valence-electron chi connectivity index (χ3n) is 5.02. The molecule has 1 aliphatic rings. The van der Waals surface area contributed by atoms with E-state index >= 15 is 0 Å². The topological polar surface area (TPSA) is 86.1 Å². The van der Waals surface area contributed by atoms with Crippen molar-refractivity contribution in [2.45, 2.75) is 38.1 Å². The molecule has 0 aliphatic heterocycles. The van der Waals surface area contributed by atoms with E-state index in [9.17, 15) is 9.59 Å². The van der Waals surface area contributed by atoms with Crippen LogP contribution in [0.3, 0.4) is 0 Å². The standard InChI is InChI=1S/C20H22N4O3S/c1-11-18-13(9-14(12-6-7-12)21-19(18)24(2)23-11)20(26)22-15(10-17(25)27-3)16-5-4-8-28-16/h4-5,8-9,12,15H,6-7,10H2,1-3H3,(H,22,26). The Morgan fingerprint density at radius 2 is 2.21 bits per heavy atom. The number of carbonyl (C=O) groups excluding carboxylic acids is 2. The van der Waals surface area contributed by atoms with Crippen molar-refractivity contribution in [1.29, 1.82) is 0 Å². The Kier molecular flexibility index (Phi) is 4.89. The molecule has 1 unspecified atom stereocenters. The van der Waals surface area contributed by atoms with Crippen molar-refractivity contribution in [1.82, 2.24) is 20.1 Å². The smallest absolute Gasteiger partial charge is 0.307 e. The number of carbonyl (C=O) groups is 2. The fourth-order valence-corrected chi connectivity index (χ4v) is 4.21. The number of thiophene rings is 1. The maximum Gasteiger partial charge on any atom is 0.307 e. The van der Waals surface area contributed by atoms with Crippen molar-refractivity contribution >= 4 is 34.2 Å². The van der Waals surface area contributed by atoms with E-state index in [1.54, 1.807) is 4.68 Å². The number of esters is 1. The zero-order chi connectivity index (χ0) is 19.8. The molecule has 8 heteroatoms. The number of methoxy groups -OCH3 is 1. The lowest BCUT2D eigenvalue weighted by Gasteiger charge is -2.17. The first kappa shape index (κ1) is 18.6. The summed E-state index contributed by atoms with van der Waals surface area (Å²) in [6, 6.07) is 5.25. The van der Waals surface area contributed by atoms with E-state index in [0.717, 1.165) is 34.5 Å². The number of pyridine rings is 1. The first-order chi connectivity index (χ1) is 13.5. The Morgan fingerprint density at radius 3 is 2.86 bits per heavy atom. The minimum Gasteiger partial charge on any atom is -0.469 e. The third-order valence-corrected chi connectivity index (χ3v) is 6.01. The second kappa shape index (κ2) is 7.35. The second-order valence-electron chi connectivity index (χ2n) is 7.10. The first-order valence-corrected chi connectivity index (χ1v) is 10.1. The van der Waals surface area contributed by atoms with Crippen molar-refractivity contribution in [3.8, 4) is 0 Å². The van der Waals surface area contributed by atoms with Gasteiger partial charge in [0, 0.05) is 23.5 Å². The van der Waals surface area contributed by atoms with Crippen molar-refractivity contribution < 1.29 is 14.3 Å². The molecule has 146 valence electrons. The van der Waals surface area contributed by atoms with E-state index in [4.69, 9.17) is 9.72 Å². The number of hydrogen-bond donors (Lipinski definition) is 1. The number of amides is 1. The van der Waals surface area contributed by atoms with E-state index in [2.05, 4.69) is 10.4 Å². The second-order valence-corrected chi connectivity index (χ2v) is 8.08. The Labute approximate surface area is 166 Å². The average Bonchev–Trinajstić information content (AvgIpc) is 3.31. The Bertz CT molecular complexity index is 1040. The molecule has 28 heavy (non-hydrogen) atoms. The van der Waals surface area contributed by atoms with Crippen LogP contribution in [0.2, 0.25) is 0 Å². The van der Waals surface area contributed by atoms with Gasteiger partial charge in [-0.15, -0.1) is 11.3 Å². The van der Waals surface area contributed by atoms with E-state index in [0.29, 0.717) is 17.1 Å². The van der Waals surface area contributed by atoms with E-state index in [1.165, 1.54) is 18.4 Å². The molecule has 1 saturated carbocycles. The normalized spacial score (nSPS) is 14.8. The van der Waals surface area contributed by atoms with Crippen LogP contribution in [0.15, 0.2) is 23.6 Å². The molecule has 7 nitrogen and oxygen atoms in total. The third kappa shape index (κ3) is 3.52. The van der Waals surface area contributed by atoms with Crippen molar-refractivity contribution in [3.05, 3.63) is 45.4 Å². The van der Waals surface area contributed by atoms with Crippen LogP contribution in [-0.4, -0.2) is 33.8 Å². The molecule has 0 saturated heterocycles. The summed E-state index contributed by atoms with van der Waals surface area (Å²) in [5, 5.41) is 10.1. The van der Waals surface area contributed by atoms with Gasteiger partial charge in [-0.25, -0.2) is 4.98 Å². The fraction of sp³-hybridized carbons (Fsp3) is 0.400. The maximum absolute atomic E-state index is 13.3. The molecule has 4 rings (SSSR count). The van der Waals surface area contributed by atoms with Crippen LogP contribution in [-0.2, 0) is 16.6 Å². The molecular weight excluding hydrogens is 376 g/mol. The molecule has 1 aliphatic carbocycles. The van der Waals surface area contributed by atoms with Gasteiger partial charge >= 0.3 is 5.97 Å². The van der Waals surface area contributed by atoms with Gasteiger partial charge in [-0.05, 0) is 37.3 Å². The lowest BCUT2D eigenvalue weighted by molar-refractivity contribution is -0.141. The Hall–Kier alpha value is -2.74. The summed E-state index contributed by atoms with van der Waals surface area (Å²) < 4.78 is 6.53. The Morgan fingerprint density at radius 1 is 1.43 bits per heavy atom. The highest BCUT2D eigenvalue weighted by Crippen LogP contribution is 2.40. The van der Waals surface area contributed by atoms with E-state index in [-0.39, 0.29) is 18.3 Å². The van der Waals surface area contributed by atoms with Crippen LogP contribution in [0.4, 0.5) is 0 Å². The van der Waals surface area contributed by atoms with Gasteiger partial charge in [0.1, 0.15) is 0 Å². The molecule has 0 radical (unpaired) electrons. The molecule has 3 heterocycles. The molecule has 1 N–H and O–H groups in total. The van der Waals surface area contributed by atoms with E-state index < -0.39 is 6.04 Å². The molecule has 0 aromatic carbocycles. The molecule has 0 bridgehead atoms. The molecular formula is C20H22N4O3S. The van der Waals surface area contributed by atoms with Crippen molar-refractivity contribution in [2.75, 3.05) is 7.11 Å². The van der Waals surface area contributed by atoms with Gasteiger partial charge in [-0.3, -0.25) is 14.3 Å². The van der Waals surface area contributed by atoms with Gasteiger partial charge in [0.2, 0.25) is 0 Å². The lowest BCUT2D eigenvalue weighted by atomic mass is 10.1. The number of rotatable bonds is 6. The summed E-state index contributed by atoms with van der Waals surface area (Å²) in [7, 11) is 3.19. The van der Waals surface area contributed by atoms with Crippen LogP contribution in [0.25, 0.3) is 11.0 Å². The number of nitrogens with zero attached hydrogens (tertiary/aromatic N) is 3. The lowest BCUT2D eigenvalue weighted by Crippen LogP contribution is -2.30. The van der Waals surface area contributed by atoms with Crippen LogP contribution >= 0.6 is 11.3 Å². The predicted octanol–water partition coefficient (Wildman–Crippen LogP) is 3.25. The molecule has 1 amide bonds. The molecule has 3 aromatic rings. The van der Waals surface area contributed by atoms with Gasteiger partial charge in [0.05, 0.1) is 36.2 Å². The van der Waals surface area contributed by atoms with Crippen LogP contribution in [0.1, 0.15) is 57.8 Å². The van der Waals surface area contributed by atoms with Crippen molar-refractivity contribution in [2.24, 2.45) is 7.05 Å². The molecule has 1 fully saturated rings. The molecule has 1 atom stereocenters. The highest BCUT2D eigenvalue weighted by Gasteiger charge is 2.29.